The van der Waals surface area contributed by atoms with E-state index in [0.29, 0.717) is 50.8 Å². The highest BCUT2D eigenvalue weighted by molar-refractivity contribution is 7.98. The minimum absolute atomic E-state index is 0.0841. The molecule has 0 spiro atoms. The predicted octanol–water partition coefficient (Wildman–Crippen LogP) is 7.36. The highest BCUT2D eigenvalue weighted by Crippen LogP contribution is 2.40. The number of morpholine rings is 1. The lowest BCUT2D eigenvalue weighted by Gasteiger charge is -2.28. The molecule has 3 aliphatic rings. The number of rotatable bonds is 5. The van der Waals surface area contributed by atoms with Crippen LogP contribution >= 0.6 is 11.9 Å². The Balaban J connectivity index is 1.43. The van der Waals surface area contributed by atoms with Gasteiger partial charge in [-0.2, -0.15) is 0 Å². The van der Waals surface area contributed by atoms with Gasteiger partial charge >= 0.3 is 0 Å². The second-order valence-electron chi connectivity index (χ2n) is 11.6. The highest BCUT2D eigenvalue weighted by atomic mass is 32.2. The van der Waals surface area contributed by atoms with Crippen molar-refractivity contribution in [2.75, 3.05) is 26.3 Å². The van der Waals surface area contributed by atoms with Gasteiger partial charge in [0.25, 0.3) is 11.8 Å². The van der Waals surface area contributed by atoms with Crippen LogP contribution in [0.5, 0.6) is 0 Å². The molecule has 2 amide bonds. The molecule has 1 N–H and O–H groups in total. The van der Waals surface area contributed by atoms with Crippen molar-refractivity contribution in [2.24, 2.45) is 0 Å². The Hall–Kier alpha value is -3.55. The first-order chi connectivity index (χ1) is 21.2. The highest BCUT2D eigenvalue weighted by Gasteiger charge is 2.28. The molecule has 6 rings (SSSR count). The van der Waals surface area contributed by atoms with E-state index in [9.17, 15) is 9.59 Å². The molecule has 2 aliphatic heterocycles. The number of aromatic nitrogens is 1. The van der Waals surface area contributed by atoms with Gasteiger partial charge in [-0.3, -0.25) is 14.3 Å². The normalized spacial score (nSPS) is 21.1. The van der Waals surface area contributed by atoms with Gasteiger partial charge in [-0.15, -0.1) is 0 Å². The maximum absolute atomic E-state index is 13.9. The van der Waals surface area contributed by atoms with E-state index in [0.717, 1.165) is 22.4 Å². The summed E-state index contributed by atoms with van der Waals surface area (Å²) in [6, 6.07) is 16.0. The molecule has 0 bridgehead atoms. The molecule has 0 radical (unpaired) electrons. The van der Waals surface area contributed by atoms with Crippen LogP contribution in [0.1, 0.15) is 72.5 Å². The fourth-order valence-electron chi connectivity index (χ4n) is 6.63. The van der Waals surface area contributed by atoms with Crippen molar-refractivity contribution >= 4 is 34.7 Å². The summed E-state index contributed by atoms with van der Waals surface area (Å²) in [4.78, 5) is 30.2. The van der Waals surface area contributed by atoms with Gasteiger partial charge in [0.05, 0.1) is 19.8 Å². The Morgan fingerprint density at radius 2 is 1.67 bits per heavy atom. The van der Waals surface area contributed by atoms with E-state index in [1.165, 1.54) is 67.1 Å². The predicted molar refractivity (Wildman–Crippen MR) is 174 cm³/mol. The molecule has 224 valence electrons. The summed E-state index contributed by atoms with van der Waals surface area (Å²) in [6.45, 7) is 2.87. The van der Waals surface area contributed by atoms with Crippen LogP contribution in [0.4, 0.5) is 0 Å². The SMILES string of the molecule is O=C(NSc1ccccc1)c1ccc2c(C3CCCCCC3)c3n(c2c1)C/C(C(=O)N1CCOCC1)=C\C/C=C\C=C/C3. The number of allylic oxidation sites excluding steroid dienone is 5. The second-order valence-corrected chi connectivity index (χ2v) is 12.5. The average molecular weight is 596 g/mol. The number of nitrogens with one attached hydrogen (secondary N) is 1. The van der Waals surface area contributed by atoms with E-state index in [1.54, 1.807) is 0 Å². The molecule has 6 nitrogen and oxygen atoms in total. The number of carbonyl (C=O) groups excluding carboxylic acids is 2. The zero-order chi connectivity index (χ0) is 29.4. The van der Waals surface area contributed by atoms with Crippen LogP contribution in [-0.4, -0.2) is 47.6 Å². The van der Waals surface area contributed by atoms with Gasteiger partial charge in [0, 0.05) is 52.1 Å². The van der Waals surface area contributed by atoms with Crippen LogP contribution < -0.4 is 4.72 Å². The molecule has 3 heterocycles. The third-order valence-corrected chi connectivity index (χ3v) is 9.64. The van der Waals surface area contributed by atoms with Gasteiger partial charge in [0.15, 0.2) is 0 Å². The summed E-state index contributed by atoms with van der Waals surface area (Å²) in [7, 11) is 0. The van der Waals surface area contributed by atoms with Gasteiger partial charge < -0.3 is 14.2 Å². The fraction of sp³-hybridized carbons (Fsp3) is 0.389. The lowest BCUT2D eigenvalue weighted by atomic mass is 9.88. The molecule has 3 aromatic rings. The number of benzene rings is 2. The third kappa shape index (κ3) is 7.00. The van der Waals surface area contributed by atoms with E-state index in [1.807, 2.05) is 47.4 Å². The topological polar surface area (TPSA) is 63.6 Å². The Bertz CT molecular complexity index is 1520. The van der Waals surface area contributed by atoms with Gasteiger partial charge in [0.2, 0.25) is 0 Å². The molecule has 7 heteroatoms. The minimum atomic E-state index is -0.122. The van der Waals surface area contributed by atoms with Crippen LogP contribution in [-0.2, 0) is 22.5 Å². The number of hydrogen-bond donors (Lipinski definition) is 1. The summed E-state index contributed by atoms with van der Waals surface area (Å²) in [6.07, 6.45) is 19.6. The number of ether oxygens (including phenoxy) is 1. The Morgan fingerprint density at radius 1 is 0.907 bits per heavy atom. The summed E-state index contributed by atoms with van der Waals surface area (Å²) >= 11 is 1.33. The van der Waals surface area contributed by atoms with Gasteiger partial charge in [-0.05, 0) is 67.0 Å². The molecule has 0 unspecified atom stereocenters. The van der Waals surface area contributed by atoms with Crippen molar-refractivity contribution in [3.05, 3.63) is 101 Å². The van der Waals surface area contributed by atoms with Gasteiger partial charge in [-0.25, -0.2) is 0 Å². The second kappa shape index (κ2) is 14.3. The summed E-state index contributed by atoms with van der Waals surface area (Å²) in [5.74, 6) is 0.440. The van der Waals surface area contributed by atoms with Crippen molar-refractivity contribution in [1.29, 1.82) is 0 Å². The van der Waals surface area contributed by atoms with Crippen LogP contribution in [0, 0.1) is 0 Å². The molecule has 1 aliphatic carbocycles. The lowest BCUT2D eigenvalue weighted by molar-refractivity contribution is -0.131. The molecule has 1 aromatic heterocycles. The number of hydrogen-bond acceptors (Lipinski definition) is 4. The summed E-state index contributed by atoms with van der Waals surface area (Å²) < 4.78 is 10.9. The molecule has 2 fully saturated rings. The Kier molecular flexibility index (Phi) is 9.80. The van der Waals surface area contributed by atoms with Gasteiger partial charge in [0.1, 0.15) is 0 Å². The molecular formula is C36H41N3O3S. The maximum atomic E-state index is 13.9. The molecule has 1 saturated carbocycles. The zero-order valence-corrected chi connectivity index (χ0v) is 25.6. The fourth-order valence-corrected chi connectivity index (χ4v) is 7.25. The Labute approximate surface area is 259 Å². The van der Waals surface area contributed by atoms with Crippen LogP contribution in [0.3, 0.4) is 0 Å². The van der Waals surface area contributed by atoms with E-state index in [-0.39, 0.29) is 11.8 Å². The van der Waals surface area contributed by atoms with E-state index in [2.05, 4.69) is 45.7 Å². The molecule has 43 heavy (non-hydrogen) atoms. The first-order valence-electron chi connectivity index (χ1n) is 15.7. The zero-order valence-electron chi connectivity index (χ0n) is 24.8. The van der Waals surface area contributed by atoms with Crippen LogP contribution in [0.15, 0.2) is 89.4 Å². The summed E-state index contributed by atoms with van der Waals surface area (Å²) in [5, 5.41) is 1.22. The quantitative estimate of drug-likeness (QED) is 0.247. The lowest BCUT2D eigenvalue weighted by Crippen LogP contribution is -2.42. The Morgan fingerprint density at radius 3 is 2.47 bits per heavy atom. The number of nitrogens with zero attached hydrogens (tertiary/aromatic N) is 2. The molecule has 2 aromatic carbocycles. The maximum Gasteiger partial charge on any atom is 0.261 e. The van der Waals surface area contributed by atoms with Crippen molar-refractivity contribution < 1.29 is 14.3 Å². The number of fused-ring (bicyclic) bond motifs is 3. The minimum Gasteiger partial charge on any atom is -0.378 e. The van der Waals surface area contributed by atoms with Gasteiger partial charge in [-0.1, -0.05) is 80.3 Å². The van der Waals surface area contributed by atoms with Crippen molar-refractivity contribution in [2.45, 2.75) is 68.7 Å². The van der Waals surface area contributed by atoms with E-state index in [4.69, 9.17) is 4.74 Å². The third-order valence-electron chi connectivity index (χ3n) is 8.84. The van der Waals surface area contributed by atoms with Crippen molar-refractivity contribution in [1.82, 2.24) is 14.2 Å². The molecule has 0 atom stereocenters. The monoisotopic (exact) mass is 595 g/mol. The van der Waals surface area contributed by atoms with E-state index < -0.39 is 0 Å². The largest absolute Gasteiger partial charge is 0.378 e. The smallest absolute Gasteiger partial charge is 0.261 e. The summed E-state index contributed by atoms with van der Waals surface area (Å²) in [5.41, 5.74) is 5.14. The molecular weight excluding hydrogens is 554 g/mol. The number of amides is 2. The van der Waals surface area contributed by atoms with Crippen LogP contribution in [0.2, 0.25) is 0 Å². The first-order valence-corrected chi connectivity index (χ1v) is 16.6. The standard InChI is InChI=1S/C36H41N3O3S/c40-35(37-43-30-16-10-6-11-17-30)28-19-20-31-33(25-28)39-26-29(36(41)38-21-23-42-24-22-38)15-9-2-1-3-12-18-32(39)34(31)27-13-7-4-5-8-14-27/h1-3,6,10-12,15-17,19-20,25,27H,4-5,7-9,13-14,18,21-24,26H2,(H,37,40)/b2-1-,12-3-,29-15+. The molecule has 1 saturated heterocycles. The number of carbonyl (C=O) groups is 2. The van der Waals surface area contributed by atoms with Crippen LogP contribution in [0.25, 0.3) is 10.9 Å². The first kappa shape index (κ1) is 29.5. The van der Waals surface area contributed by atoms with E-state index >= 15 is 0 Å². The average Bonchev–Trinajstić information content (AvgIpc) is 3.19. The van der Waals surface area contributed by atoms with Crippen molar-refractivity contribution in [3.8, 4) is 0 Å². The van der Waals surface area contributed by atoms with Crippen molar-refractivity contribution in [3.63, 3.8) is 0 Å².